The van der Waals surface area contributed by atoms with Crippen molar-refractivity contribution in [2.24, 2.45) is 5.92 Å². The van der Waals surface area contributed by atoms with E-state index in [2.05, 4.69) is 0 Å². The molecular weight excluding hydrogens is 370 g/mol. The summed E-state index contributed by atoms with van der Waals surface area (Å²) in [5.41, 5.74) is -0.285. The van der Waals surface area contributed by atoms with Crippen LogP contribution in [0, 0.1) is 5.92 Å². The van der Waals surface area contributed by atoms with E-state index >= 15 is 0 Å². The maximum atomic E-state index is 13.1. The molecule has 2 fully saturated rings. The maximum Gasteiger partial charge on any atom is 0.327 e. The van der Waals surface area contributed by atoms with Gasteiger partial charge in [-0.25, -0.2) is 4.79 Å². The van der Waals surface area contributed by atoms with Crippen molar-refractivity contribution >= 4 is 17.8 Å². The highest BCUT2D eigenvalue weighted by Gasteiger charge is 2.57. The van der Waals surface area contributed by atoms with Gasteiger partial charge in [0.2, 0.25) is 0 Å². The predicted octanol–water partition coefficient (Wildman–Crippen LogP) is 3.00. The van der Waals surface area contributed by atoms with Crippen molar-refractivity contribution in [2.75, 3.05) is 33.3 Å². The highest BCUT2D eigenvalue weighted by Crippen LogP contribution is 2.37. The molecule has 0 aliphatic carbocycles. The summed E-state index contributed by atoms with van der Waals surface area (Å²) in [4.78, 5) is 43.4. The summed E-state index contributed by atoms with van der Waals surface area (Å²) in [6, 6.07) is 7.04. The van der Waals surface area contributed by atoms with Crippen molar-refractivity contribution in [2.45, 2.75) is 45.6 Å². The fraction of sp³-hybridized carbons (Fsp3) is 0.591. The summed E-state index contributed by atoms with van der Waals surface area (Å²) < 4.78 is 5.74. The molecule has 0 saturated carbocycles. The number of nitrogens with zero attached hydrogens (tertiary/aromatic N) is 3. The van der Waals surface area contributed by atoms with Gasteiger partial charge in [-0.1, -0.05) is 32.9 Å². The van der Waals surface area contributed by atoms with Crippen LogP contribution in [0.25, 0.3) is 0 Å². The van der Waals surface area contributed by atoms with Crippen molar-refractivity contribution in [3.05, 3.63) is 29.8 Å². The van der Waals surface area contributed by atoms with Gasteiger partial charge in [-0.2, -0.15) is 0 Å². The van der Waals surface area contributed by atoms with Crippen LogP contribution in [-0.4, -0.2) is 71.4 Å². The Kier molecular flexibility index (Phi) is 6.15. The third kappa shape index (κ3) is 3.82. The lowest BCUT2D eigenvalue weighted by atomic mass is 9.85. The van der Waals surface area contributed by atoms with Gasteiger partial charge in [0.25, 0.3) is 11.8 Å². The number of rotatable bonds is 6. The number of amides is 4. The minimum absolute atomic E-state index is 0.0907. The molecule has 0 atom stereocenters. The molecule has 7 nitrogen and oxygen atoms in total. The first-order valence-electron chi connectivity index (χ1n) is 10.4. The highest BCUT2D eigenvalue weighted by atomic mass is 16.5. The van der Waals surface area contributed by atoms with Crippen molar-refractivity contribution in [1.29, 1.82) is 0 Å². The number of urea groups is 1. The Morgan fingerprint density at radius 3 is 2.45 bits per heavy atom. The second-order valence-electron chi connectivity index (χ2n) is 8.32. The molecule has 1 aromatic carbocycles. The Balaban J connectivity index is 1.77. The molecular formula is C22H31N3O4. The summed E-state index contributed by atoms with van der Waals surface area (Å²) in [6.45, 7) is 8.06. The molecule has 1 aromatic rings. The number of carbonyl (C=O) groups is 3. The van der Waals surface area contributed by atoms with E-state index in [-0.39, 0.29) is 23.8 Å². The van der Waals surface area contributed by atoms with Crippen LogP contribution in [0.3, 0.4) is 0 Å². The Hall–Kier alpha value is -2.57. The average molecular weight is 402 g/mol. The van der Waals surface area contributed by atoms with Crippen molar-refractivity contribution in [3.8, 4) is 5.75 Å². The summed E-state index contributed by atoms with van der Waals surface area (Å²) in [6.07, 6.45) is 1.78. The Labute approximate surface area is 172 Å². The molecule has 2 aliphatic rings. The van der Waals surface area contributed by atoms with E-state index in [1.807, 2.05) is 39.0 Å². The van der Waals surface area contributed by atoms with Crippen molar-refractivity contribution < 1.29 is 19.1 Å². The van der Waals surface area contributed by atoms with E-state index in [1.165, 1.54) is 4.90 Å². The first-order chi connectivity index (χ1) is 13.8. The predicted molar refractivity (Wildman–Crippen MR) is 110 cm³/mol. The van der Waals surface area contributed by atoms with Crippen LogP contribution < -0.4 is 4.74 Å². The molecule has 158 valence electrons. The van der Waals surface area contributed by atoms with Crippen molar-refractivity contribution in [3.63, 3.8) is 0 Å². The fourth-order valence-corrected chi connectivity index (χ4v) is 4.21. The van der Waals surface area contributed by atoms with E-state index in [1.54, 1.807) is 22.9 Å². The lowest BCUT2D eigenvalue weighted by Crippen LogP contribution is -2.58. The average Bonchev–Trinajstić information content (AvgIpc) is 2.88. The van der Waals surface area contributed by atoms with Crippen molar-refractivity contribution in [1.82, 2.24) is 14.7 Å². The van der Waals surface area contributed by atoms with E-state index < -0.39 is 5.54 Å². The zero-order chi connectivity index (χ0) is 21.2. The molecule has 4 amide bonds. The molecule has 3 rings (SSSR count). The Bertz CT molecular complexity index is 784. The van der Waals surface area contributed by atoms with Crippen LogP contribution in [0.5, 0.6) is 5.75 Å². The number of para-hydroxylation sites is 1. The zero-order valence-electron chi connectivity index (χ0n) is 17.8. The summed E-state index contributed by atoms with van der Waals surface area (Å²) in [5.74, 6) is 0.610. The molecule has 1 spiro atoms. The summed E-state index contributed by atoms with van der Waals surface area (Å²) in [5, 5.41) is 0. The molecule has 7 heteroatoms. The number of likely N-dealkylation sites (N-methyl/N-ethyl adjacent to an activating group) is 1. The van der Waals surface area contributed by atoms with Gasteiger partial charge in [0.1, 0.15) is 11.3 Å². The number of piperidine rings is 1. The zero-order valence-corrected chi connectivity index (χ0v) is 17.8. The third-order valence-electron chi connectivity index (χ3n) is 5.74. The molecule has 0 unspecified atom stereocenters. The fourth-order valence-electron chi connectivity index (χ4n) is 4.21. The minimum Gasteiger partial charge on any atom is -0.493 e. The number of ether oxygens (including phenoxy) is 1. The number of imide groups is 1. The van der Waals surface area contributed by atoms with Gasteiger partial charge in [0.05, 0.1) is 12.2 Å². The van der Waals surface area contributed by atoms with Gasteiger partial charge < -0.3 is 14.5 Å². The number of likely N-dealkylation sites (tertiary alicyclic amines) is 1. The smallest absolute Gasteiger partial charge is 0.327 e. The van der Waals surface area contributed by atoms with E-state index in [9.17, 15) is 14.4 Å². The molecule has 2 heterocycles. The summed E-state index contributed by atoms with van der Waals surface area (Å²) >= 11 is 0. The number of hydrogen-bond acceptors (Lipinski definition) is 4. The standard InChI is InChI=1S/C22H31N3O4/c1-5-14-29-18-9-7-6-8-17(18)19(26)24-12-10-22(11-13-24)20(27)23(4)21(28)25(22)15-16(2)3/h6-9,16H,5,10-15H2,1-4H3. The normalized spacial score (nSPS) is 18.9. The molecule has 0 aromatic heterocycles. The molecule has 29 heavy (non-hydrogen) atoms. The summed E-state index contributed by atoms with van der Waals surface area (Å²) in [7, 11) is 1.55. The third-order valence-corrected chi connectivity index (χ3v) is 5.74. The molecule has 0 bridgehead atoms. The monoisotopic (exact) mass is 401 g/mol. The van der Waals surface area contributed by atoms with Gasteiger partial charge in [-0.3, -0.25) is 14.5 Å². The van der Waals surface area contributed by atoms with Gasteiger partial charge >= 0.3 is 6.03 Å². The minimum atomic E-state index is -0.828. The second-order valence-corrected chi connectivity index (χ2v) is 8.32. The van der Waals surface area contributed by atoms with Crippen LogP contribution >= 0.6 is 0 Å². The Morgan fingerprint density at radius 2 is 1.83 bits per heavy atom. The van der Waals surface area contributed by atoms with Gasteiger partial charge in [-0.15, -0.1) is 0 Å². The first-order valence-corrected chi connectivity index (χ1v) is 10.4. The maximum absolute atomic E-state index is 13.1. The second kappa shape index (κ2) is 8.43. The van der Waals surface area contributed by atoms with Gasteiger partial charge in [0, 0.05) is 26.7 Å². The van der Waals surface area contributed by atoms with E-state index in [0.717, 1.165) is 6.42 Å². The van der Waals surface area contributed by atoms with Gasteiger partial charge in [0.15, 0.2) is 0 Å². The van der Waals surface area contributed by atoms with Gasteiger partial charge in [-0.05, 0) is 37.3 Å². The molecule has 2 saturated heterocycles. The SMILES string of the molecule is CCCOc1ccccc1C(=O)N1CCC2(CC1)C(=O)N(C)C(=O)N2CC(C)C. The number of benzene rings is 1. The number of hydrogen-bond donors (Lipinski definition) is 0. The lowest BCUT2D eigenvalue weighted by Gasteiger charge is -2.42. The van der Waals surface area contributed by atoms with Crippen LogP contribution in [0.2, 0.25) is 0 Å². The van der Waals surface area contributed by atoms with Crippen LogP contribution in [0.4, 0.5) is 4.79 Å². The Morgan fingerprint density at radius 1 is 1.17 bits per heavy atom. The van der Waals surface area contributed by atoms with Crippen LogP contribution in [0.15, 0.2) is 24.3 Å². The highest BCUT2D eigenvalue weighted by molar-refractivity contribution is 6.07. The van der Waals surface area contributed by atoms with E-state index in [0.29, 0.717) is 50.4 Å². The topological polar surface area (TPSA) is 70.2 Å². The largest absolute Gasteiger partial charge is 0.493 e. The van der Waals surface area contributed by atoms with Crippen LogP contribution in [0.1, 0.15) is 50.4 Å². The molecule has 0 N–H and O–H groups in total. The molecule has 0 radical (unpaired) electrons. The van der Waals surface area contributed by atoms with Crippen LogP contribution in [-0.2, 0) is 4.79 Å². The number of carbonyl (C=O) groups excluding carboxylic acids is 3. The lowest BCUT2D eigenvalue weighted by molar-refractivity contribution is -0.134. The molecule has 2 aliphatic heterocycles. The first kappa shape index (κ1) is 21.1. The van der Waals surface area contributed by atoms with E-state index in [4.69, 9.17) is 4.74 Å². The quantitative estimate of drug-likeness (QED) is 0.687.